The molecule has 1 aromatic rings. The molecule has 0 radical (unpaired) electrons. The van der Waals surface area contributed by atoms with Crippen LogP contribution in [0.4, 0.5) is 4.39 Å². The summed E-state index contributed by atoms with van der Waals surface area (Å²) in [5.41, 5.74) is 1.37. The number of aliphatic hydroxyl groups excluding tert-OH is 1. The SMILES string of the molecule is CC1C[C@H](O)c2c(F)ccc(Br)c2CS1. The molecule has 1 aliphatic heterocycles. The molecule has 1 nitrogen and oxygen atoms in total. The Bertz CT molecular complexity index is 383. The number of benzene rings is 1. The average Bonchev–Trinajstić information content (AvgIpc) is 2.32. The quantitative estimate of drug-likeness (QED) is 0.787. The zero-order valence-electron chi connectivity index (χ0n) is 8.34. The van der Waals surface area contributed by atoms with E-state index in [9.17, 15) is 9.50 Å². The van der Waals surface area contributed by atoms with Crippen molar-refractivity contribution in [3.8, 4) is 0 Å². The maximum atomic E-state index is 13.6. The van der Waals surface area contributed by atoms with E-state index in [0.717, 1.165) is 15.8 Å². The van der Waals surface area contributed by atoms with E-state index in [2.05, 4.69) is 22.9 Å². The van der Waals surface area contributed by atoms with Crippen molar-refractivity contribution < 1.29 is 9.50 Å². The number of halogens is 2. The minimum atomic E-state index is -0.678. The molecule has 0 aromatic heterocycles. The second-order valence-corrected chi connectivity index (χ2v) is 6.08. The van der Waals surface area contributed by atoms with Gasteiger partial charge in [-0.15, -0.1) is 0 Å². The Morgan fingerprint density at radius 3 is 3.00 bits per heavy atom. The lowest BCUT2D eigenvalue weighted by atomic mass is 10.00. The third-order valence-corrected chi connectivity index (χ3v) is 4.61. The van der Waals surface area contributed by atoms with Crippen molar-refractivity contribution in [1.82, 2.24) is 0 Å². The Hall–Kier alpha value is -0.0600. The molecule has 0 spiro atoms. The zero-order valence-corrected chi connectivity index (χ0v) is 10.7. The van der Waals surface area contributed by atoms with Crippen molar-refractivity contribution in [3.05, 3.63) is 33.5 Å². The van der Waals surface area contributed by atoms with Crippen LogP contribution in [0, 0.1) is 5.82 Å². The van der Waals surface area contributed by atoms with Gasteiger partial charge in [0.25, 0.3) is 0 Å². The van der Waals surface area contributed by atoms with Crippen molar-refractivity contribution >= 4 is 27.7 Å². The largest absolute Gasteiger partial charge is 0.388 e. The molecule has 0 bridgehead atoms. The first-order chi connectivity index (χ1) is 7.09. The van der Waals surface area contributed by atoms with Crippen molar-refractivity contribution in [2.45, 2.75) is 30.5 Å². The average molecular weight is 291 g/mol. The third-order valence-electron chi connectivity index (χ3n) is 2.65. The molecule has 0 saturated heterocycles. The van der Waals surface area contributed by atoms with E-state index in [1.165, 1.54) is 6.07 Å². The first-order valence-electron chi connectivity index (χ1n) is 4.86. The van der Waals surface area contributed by atoms with Gasteiger partial charge in [-0.3, -0.25) is 0 Å². The summed E-state index contributed by atoms with van der Waals surface area (Å²) in [6, 6.07) is 3.12. The Morgan fingerprint density at radius 1 is 1.53 bits per heavy atom. The van der Waals surface area contributed by atoms with Crippen molar-refractivity contribution in [2.24, 2.45) is 0 Å². The number of rotatable bonds is 0. The maximum absolute atomic E-state index is 13.6. The molecule has 1 N–H and O–H groups in total. The summed E-state index contributed by atoms with van der Waals surface area (Å²) in [7, 11) is 0. The van der Waals surface area contributed by atoms with Gasteiger partial charge in [0, 0.05) is 21.0 Å². The van der Waals surface area contributed by atoms with Gasteiger partial charge < -0.3 is 5.11 Å². The van der Waals surface area contributed by atoms with Gasteiger partial charge in [0.05, 0.1) is 6.10 Å². The Morgan fingerprint density at radius 2 is 2.27 bits per heavy atom. The van der Waals surface area contributed by atoms with Gasteiger partial charge in [0.15, 0.2) is 0 Å². The van der Waals surface area contributed by atoms with Crippen molar-refractivity contribution in [1.29, 1.82) is 0 Å². The van der Waals surface area contributed by atoms with Gasteiger partial charge in [-0.25, -0.2) is 4.39 Å². The van der Waals surface area contributed by atoms with Crippen LogP contribution in [0.1, 0.15) is 30.6 Å². The highest BCUT2D eigenvalue weighted by Crippen LogP contribution is 2.39. The smallest absolute Gasteiger partial charge is 0.129 e. The van der Waals surface area contributed by atoms with E-state index in [1.807, 2.05) is 0 Å². The molecular formula is C11H12BrFOS. The van der Waals surface area contributed by atoms with Gasteiger partial charge in [0.2, 0.25) is 0 Å². The predicted octanol–water partition coefficient (Wildman–Crippen LogP) is 3.65. The van der Waals surface area contributed by atoms with Crippen LogP contribution < -0.4 is 0 Å². The summed E-state index contributed by atoms with van der Waals surface area (Å²) in [6.07, 6.45) is -0.0621. The minimum Gasteiger partial charge on any atom is -0.388 e. The van der Waals surface area contributed by atoms with E-state index < -0.39 is 6.10 Å². The topological polar surface area (TPSA) is 20.2 Å². The molecule has 1 unspecified atom stereocenters. The van der Waals surface area contributed by atoms with Crippen LogP contribution in [-0.4, -0.2) is 10.4 Å². The fourth-order valence-electron chi connectivity index (χ4n) is 1.84. The van der Waals surface area contributed by atoms with Crippen LogP contribution in [0.15, 0.2) is 16.6 Å². The highest BCUT2D eigenvalue weighted by molar-refractivity contribution is 9.10. The molecule has 2 atom stereocenters. The lowest BCUT2D eigenvalue weighted by molar-refractivity contribution is 0.163. The first kappa shape index (κ1) is 11.4. The molecule has 0 saturated carbocycles. The van der Waals surface area contributed by atoms with Crippen LogP contribution in [0.25, 0.3) is 0 Å². The summed E-state index contributed by atoms with van der Waals surface area (Å²) < 4.78 is 14.5. The highest BCUT2D eigenvalue weighted by atomic mass is 79.9. The summed E-state index contributed by atoms with van der Waals surface area (Å²) in [5, 5.41) is 10.3. The molecule has 1 aliphatic rings. The summed E-state index contributed by atoms with van der Waals surface area (Å²) in [5.74, 6) is 0.460. The highest BCUT2D eigenvalue weighted by Gasteiger charge is 2.25. The predicted molar refractivity (Wildman–Crippen MR) is 64.4 cm³/mol. The van der Waals surface area contributed by atoms with Gasteiger partial charge in [0.1, 0.15) is 5.82 Å². The fourth-order valence-corrected chi connectivity index (χ4v) is 3.59. The standard InChI is InChI=1S/C11H12BrFOS/c1-6-4-10(14)11-7(5-15-6)8(12)2-3-9(11)13/h2-3,6,10,14H,4-5H2,1H3/t6?,10-/m0/s1. The van der Waals surface area contributed by atoms with Crippen molar-refractivity contribution in [2.75, 3.05) is 0 Å². The fraction of sp³-hybridized carbons (Fsp3) is 0.455. The molecule has 0 aliphatic carbocycles. The Labute approximate surface area is 101 Å². The number of thioether (sulfide) groups is 1. The first-order valence-corrected chi connectivity index (χ1v) is 6.70. The summed E-state index contributed by atoms with van der Waals surface area (Å²) in [4.78, 5) is 0. The molecule has 82 valence electrons. The summed E-state index contributed by atoms with van der Waals surface area (Å²) in [6.45, 7) is 2.06. The molecule has 1 aromatic carbocycles. The minimum absolute atomic E-state index is 0.296. The number of hydrogen-bond acceptors (Lipinski definition) is 2. The molecule has 0 amide bonds. The van der Waals surface area contributed by atoms with E-state index in [1.54, 1.807) is 17.8 Å². The second-order valence-electron chi connectivity index (χ2n) is 3.79. The Kier molecular flexibility index (Phi) is 3.38. The van der Waals surface area contributed by atoms with Crippen LogP contribution in [0.3, 0.4) is 0 Å². The maximum Gasteiger partial charge on any atom is 0.129 e. The van der Waals surface area contributed by atoms with E-state index in [-0.39, 0.29) is 5.82 Å². The monoisotopic (exact) mass is 290 g/mol. The lowest BCUT2D eigenvalue weighted by Crippen LogP contribution is -2.06. The lowest BCUT2D eigenvalue weighted by Gasteiger charge is -2.14. The molecule has 0 fully saturated rings. The molecule has 15 heavy (non-hydrogen) atoms. The van der Waals surface area contributed by atoms with Gasteiger partial charge >= 0.3 is 0 Å². The molecule has 2 rings (SSSR count). The van der Waals surface area contributed by atoms with Crippen LogP contribution >= 0.6 is 27.7 Å². The third kappa shape index (κ3) is 2.22. The van der Waals surface area contributed by atoms with Gasteiger partial charge in [-0.1, -0.05) is 22.9 Å². The van der Waals surface area contributed by atoms with E-state index >= 15 is 0 Å². The number of fused-ring (bicyclic) bond motifs is 1. The van der Waals surface area contributed by atoms with E-state index in [0.29, 0.717) is 17.2 Å². The Balaban J connectivity index is 2.52. The van der Waals surface area contributed by atoms with Crippen LogP contribution in [0.5, 0.6) is 0 Å². The second kappa shape index (κ2) is 4.44. The molecule has 4 heteroatoms. The molecule has 1 heterocycles. The van der Waals surface area contributed by atoms with Crippen molar-refractivity contribution in [3.63, 3.8) is 0 Å². The number of aliphatic hydroxyl groups is 1. The molecular weight excluding hydrogens is 279 g/mol. The zero-order chi connectivity index (χ0) is 11.0. The summed E-state index contributed by atoms with van der Waals surface area (Å²) >= 11 is 5.16. The van der Waals surface area contributed by atoms with Gasteiger partial charge in [-0.2, -0.15) is 11.8 Å². The van der Waals surface area contributed by atoms with E-state index in [4.69, 9.17) is 0 Å². The van der Waals surface area contributed by atoms with Gasteiger partial charge in [-0.05, 0) is 24.1 Å². The normalized spacial score (nSPS) is 25.9. The van der Waals surface area contributed by atoms with Crippen LogP contribution in [0.2, 0.25) is 0 Å². The number of hydrogen-bond donors (Lipinski definition) is 1. The van der Waals surface area contributed by atoms with Crippen LogP contribution in [-0.2, 0) is 5.75 Å².